The van der Waals surface area contributed by atoms with Crippen molar-refractivity contribution in [2.75, 3.05) is 31.3 Å². The number of carbonyl (C=O) groups is 1. The van der Waals surface area contributed by atoms with E-state index in [0.717, 1.165) is 52.1 Å². The quantitative estimate of drug-likeness (QED) is 0.282. The molecule has 38 heavy (non-hydrogen) atoms. The Bertz CT molecular complexity index is 1480. The van der Waals surface area contributed by atoms with Gasteiger partial charge >= 0.3 is 0 Å². The summed E-state index contributed by atoms with van der Waals surface area (Å²) in [5.74, 6) is 0.681. The number of aromatic nitrogens is 2. The predicted molar refractivity (Wildman–Crippen MR) is 151 cm³/mol. The summed E-state index contributed by atoms with van der Waals surface area (Å²) in [6, 6.07) is 17.5. The number of nitriles is 1. The van der Waals surface area contributed by atoms with Crippen molar-refractivity contribution in [2.45, 2.75) is 33.3 Å². The van der Waals surface area contributed by atoms with Gasteiger partial charge in [0.05, 0.1) is 22.5 Å². The van der Waals surface area contributed by atoms with Crippen LogP contribution in [0.4, 0.5) is 17.1 Å². The number of anilines is 3. The van der Waals surface area contributed by atoms with Gasteiger partial charge in [0.1, 0.15) is 18.4 Å². The lowest BCUT2D eigenvalue weighted by Crippen LogP contribution is -2.17. The normalized spacial score (nSPS) is 10.8. The molecule has 0 radical (unpaired) electrons. The summed E-state index contributed by atoms with van der Waals surface area (Å²) in [6.07, 6.45) is 4.54. The van der Waals surface area contributed by atoms with Crippen LogP contribution in [0.3, 0.4) is 0 Å². The van der Waals surface area contributed by atoms with Crippen LogP contribution in [0.5, 0.6) is 5.75 Å². The fraction of sp³-hybridized carbons (Fsp3) is 0.267. The number of hydrogen-bond acceptors (Lipinski definition) is 7. The van der Waals surface area contributed by atoms with Crippen LogP contribution >= 0.6 is 0 Å². The monoisotopic (exact) mass is 508 g/mol. The van der Waals surface area contributed by atoms with E-state index >= 15 is 0 Å². The fourth-order valence-electron chi connectivity index (χ4n) is 4.07. The van der Waals surface area contributed by atoms with Gasteiger partial charge in [-0.2, -0.15) is 5.26 Å². The van der Waals surface area contributed by atoms with Gasteiger partial charge in [0, 0.05) is 35.6 Å². The van der Waals surface area contributed by atoms with Gasteiger partial charge in [0.2, 0.25) is 5.91 Å². The Kier molecular flexibility index (Phi) is 8.51. The highest BCUT2D eigenvalue weighted by Crippen LogP contribution is 2.33. The Morgan fingerprint density at radius 1 is 1.08 bits per heavy atom. The molecule has 2 heterocycles. The van der Waals surface area contributed by atoms with Crippen LogP contribution in [0.1, 0.15) is 35.2 Å². The van der Waals surface area contributed by atoms with Gasteiger partial charge in [-0.1, -0.05) is 6.07 Å². The number of aryl methyl sites for hydroxylation is 2. The molecule has 0 fully saturated rings. The zero-order valence-electron chi connectivity index (χ0n) is 22.2. The number of amides is 1. The summed E-state index contributed by atoms with van der Waals surface area (Å²) in [6.45, 7) is 5.18. The molecule has 8 nitrogen and oxygen atoms in total. The molecule has 0 aliphatic carbocycles. The highest BCUT2D eigenvalue weighted by Gasteiger charge is 2.14. The smallest absolute Gasteiger partial charge is 0.224 e. The highest BCUT2D eigenvalue weighted by atomic mass is 16.5. The zero-order chi connectivity index (χ0) is 27.1. The third kappa shape index (κ3) is 6.64. The molecule has 8 heteroatoms. The average Bonchev–Trinajstić information content (AvgIpc) is 2.89. The first-order chi connectivity index (χ1) is 18.3. The number of rotatable bonds is 10. The number of benzene rings is 2. The molecule has 2 aromatic carbocycles. The summed E-state index contributed by atoms with van der Waals surface area (Å²) in [4.78, 5) is 23.4. The lowest BCUT2D eigenvalue weighted by atomic mass is 10.0. The molecular weight excluding hydrogens is 476 g/mol. The van der Waals surface area contributed by atoms with Crippen LogP contribution in [-0.4, -0.2) is 41.4 Å². The Hall–Kier alpha value is -4.48. The lowest BCUT2D eigenvalue weighted by Gasteiger charge is -2.15. The van der Waals surface area contributed by atoms with E-state index in [2.05, 4.69) is 31.6 Å². The summed E-state index contributed by atoms with van der Waals surface area (Å²) in [5, 5.41) is 16.9. The Morgan fingerprint density at radius 2 is 1.87 bits per heavy atom. The van der Waals surface area contributed by atoms with Crippen LogP contribution < -0.4 is 15.4 Å². The van der Waals surface area contributed by atoms with E-state index in [4.69, 9.17) is 4.74 Å². The molecule has 0 unspecified atom stereocenters. The summed E-state index contributed by atoms with van der Waals surface area (Å²) >= 11 is 0. The second-order valence-electron chi connectivity index (χ2n) is 9.50. The number of nitrogens with one attached hydrogen (secondary N) is 2. The van der Waals surface area contributed by atoms with E-state index in [1.165, 1.54) is 0 Å². The molecule has 4 rings (SSSR count). The van der Waals surface area contributed by atoms with Gasteiger partial charge < -0.3 is 20.3 Å². The molecule has 4 aromatic rings. The van der Waals surface area contributed by atoms with E-state index in [9.17, 15) is 10.1 Å². The van der Waals surface area contributed by atoms with Crippen LogP contribution in [0.25, 0.3) is 10.9 Å². The van der Waals surface area contributed by atoms with Gasteiger partial charge in [0.15, 0.2) is 0 Å². The number of carbonyl (C=O) groups excluding carboxylic acids is 1. The number of hydrogen-bond donors (Lipinski definition) is 2. The SMILES string of the molecule is Cc1cc2ncc(C#N)c(Nc3ccc(OCc4ncccc4C)cc3)c2cc1NC(=O)CCCN(C)C. The van der Waals surface area contributed by atoms with E-state index in [-0.39, 0.29) is 5.91 Å². The molecule has 0 spiro atoms. The number of nitrogens with zero attached hydrogens (tertiary/aromatic N) is 4. The van der Waals surface area contributed by atoms with Gasteiger partial charge in [0.25, 0.3) is 0 Å². The maximum atomic E-state index is 12.5. The van der Waals surface area contributed by atoms with E-state index in [1.54, 1.807) is 12.4 Å². The number of fused-ring (bicyclic) bond motifs is 1. The molecule has 0 saturated heterocycles. The third-order valence-electron chi connectivity index (χ3n) is 6.23. The fourth-order valence-corrected chi connectivity index (χ4v) is 4.07. The molecule has 0 saturated carbocycles. The Balaban J connectivity index is 1.54. The molecule has 1 amide bonds. The standard InChI is InChI=1S/C30H32N6O2/c1-20-7-5-13-32-28(20)19-38-24-11-9-23(10-12-24)34-30-22(17-31)18-33-27-15-21(2)26(16-25(27)30)35-29(37)8-6-14-36(3)4/h5,7,9-13,15-16,18H,6,8,14,19H2,1-4H3,(H,33,34)(H,35,37). The molecule has 0 bridgehead atoms. The minimum atomic E-state index is -0.0373. The summed E-state index contributed by atoms with van der Waals surface area (Å²) in [5.41, 5.74) is 6.18. The van der Waals surface area contributed by atoms with Crippen molar-refractivity contribution in [1.29, 1.82) is 5.26 Å². The first-order valence-electron chi connectivity index (χ1n) is 12.5. The molecular formula is C30H32N6O2. The molecule has 0 aliphatic heterocycles. The first kappa shape index (κ1) is 26.6. The van der Waals surface area contributed by atoms with Gasteiger partial charge in [-0.05, 0) is 94.5 Å². The van der Waals surface area contributed by atoms with Crippen molar-refractivity contribution in [3.63, 3.8) is 0 Å². The molecule has 0 atom stereocenters. The van der Waals surface area contributed by atoms with Crippen LogP contribution in [0, 0.1) is 25.2 Å². The molecule has 2 N–H and O–H groups in total. The van der Waals surface area contributed by atoms with Gasteiger partial charge in [-0.15, -0.1) is 0 Å². The second kappa shape index (κ2) is 12.2. The third-order valence-corrected chi connectivity index (χ3v) is 6.23. The Labute approximate surface area is 223 Å². The predicted octanol–water partition coefficient (Wildman–Crippen LogP) is 5.72. The van der Waals surface area contributed by atoms with Crippen LogP contribution in [-0.2, 0) is 11.4 Å². The zero-order valence-corrected chi connectivity index (χ0v) is 22.2. The first-order valence-corrected chi connectivity index (χ1v) is 12.5. The van der Waals surface area contributed by atoms with E-state index in [1.807, 2.05) is 76.5 Å². The van der Waals surface area contributed by atoms with Crippen molar-refractivity contribution in [3.05, 3.63) is 83.3 Å². The van der Waals surface area contributed by atoms with Crippen LogP contribution in [0.2, 0.25) is 0 Å². The topological polar surface area (TPSA) is 103 Å². The Morgan fingerprint density at radius 3 is 2.58 bits per heavy atom. The maximum absolute atomic E-state index is 12.5. The molecule has 194 valence electrons. The maximum Gasteiger partial charge on any atom is 0.224 e. The van der Waals surface area contributed by atoms with Crippen molar-refractivity contribution >= 4 is 33.9 Å². The van der Waals surface area contributed by atoms with E-state index < -0.39 is 0 Å². The molecule has 0 aliphatic rings. The highest BCUT2D eigenvalue weighted by molar-refractivity contribution is 6.01. The van der Waals surface area contributed by atoms with E-state index in [0.29, 0.717) is 30.0 Å². The largest absolute Gasteiger partial charge is 0.487 e. The van der Waals surface area contributed by atoms with Crippen molar-refractivity contribution in [3.8, 4) is 11.8 Å². The minimum Gasteiger partial charge on any atom is -0.487 e. The molecule has 2 aromatic heterocycles. The summed E-state index contributed by atoms with van der Waals surface area (Å²) < 4.78 is 5.90. The minimum absolute atomic E-state index is 0.0373. The number of ether oxygens (including phenoxy) is 1. The van der Waals surface area contributed by atoms with Gasteiger partial charge in [-0.25, -0.2) is 0 Å². The second-order valence-corrected chi connectivity index (χ2v) is 9.50. The number of pyridine rings is 2. The lowest BCUT2D eigenvalue weighted by molar-refractivity contribution is -0.116. The van der Waals surface area contributed by atoms with Crippen molar-refractivity contribution in [1.82, 2.24) is 14.9 Å². The van der Waals surface area contributed by atoms with Gasteiger partial charge in [-0.3, -0.25) is 14.8 Å². The van der Waals surface area contributed by atoms with Crippen molar-refractivity contribution in [2.24, 2.45) is 0 Å². The van der Waals surface area contributed by atoms with Crippen molar-refractivity contribution < 1.29 is 9.53 Å². The van der Waals surface area contributed by atoms with Crippen LogP contribution in [0.15, 0.2) is 60.9 Å². The summed E-state index contributed by atoms with van der Waals surface area (Å²) in [7, 11) is 3.98. The average molecular weight is 509 g/mol.